The minimum atomic E-state index is -0.374. The lowest BCUT2D eigenvalue weighted by Gasteiger charge is -2.12. The Labute approximate surface area is 106 Å². The number of nitrogens with one attached hydrogen (secondary N) is 2. The number of methoxy groups -OCH3 is 2. The van der Waals surface area contributed by atoms with Crippen LogP contribution in [-0.2, 0) is 16.6 Å². The summed E-state index contributed by atoms with van der Waals surface area (Å²) < 4.78 is 11.5. The minimum Gasteiger partial charge on any atom is -0.481 e. The van der Waals surface area contributed by atoms with Gasteiger partial charge >= 0.3 is 0 Å². The summed E-state index contributed by atoms with van der Waals surface area (Å²) in [6, 6.07) is 1.36. The SMILES string of the molecule is COCCNC(=O)C(C)Nc1cc(OC)n(C)n1. The van der Waals surface area contributed by atoms with Gasteiger partial charge in [-0.2, -0.15) is 5.10 Å². The molecular weight excluding hydrogens is 236 g/mol. The summed E-state index contributed by atoms with van der Waals surface area (Å²) in [6.45, 7) is 2.76. The molecule has 0 aliphatic carbocycles. The molecule has 0 radical (unpaired) electrons. The van der Waals surface area contributed by atoms with Gasteiger partial charge in [-0.05, 0) is 6.92 Å². The van der Waals surface area contributed by atoms with Crippen LogP contribution >= 0.6 is 0 Å². The molecule has 1 aromatic rings. The van der Waals surface area contributed by atoms with E-state index in [-0.39, 0.29) is 11.9 Å². The Bertz CT molecular complexity index is 392. The number of nitrogens with zero attached hydrogens (tertiary/aromatic N) is 2. The quantitative estimate of drug-likeness (QED) is 0.671. The summed E-state index contributed by atoms with van der Waals surface area (Å²) in [5, 5.41) is 9.92. The molecule has 0 spiro atoms. The maximum Gasteiger partial charge on any atom is 0.242 e. The summed E-state index contributed by atoms with van der Waals surface area (Å²) in [4.78, 5) is 11.7. The second-order valence-corrected chi connectivity index (χ2v) is 3.85. The van der Waals surface area contributed by atoms with Gasteiger partial charge in [0.2, 0.25) is 11.8 Å². The highest BCUT2D eigenvalue weighted by Crippen LogP contribution is 2.15. The first-order valence-electron chi connectivity index (χ1n) is 5.69. The van der Waals surface area contributed by atoms with Crippen LogP contribution in [-0.4, -0.2) is 49.1 Å². The van der Waals surface area contributed by atoms with Gasteiger partial charge in [-0.3, -0.25) is 4.79 Å². The van der Waals surface area contributed by atoms with Gasteiger partial charge in [0.25, 0.3) is 0 Å². The molecule has 1 amide bonds. The highest BCUT2D eigenvalue weighted by molar-refractivity contribution is 5.83. The van der Waals surface area contributed by atoms with Crippen LogP contribution in [0.15, 0.2) is 6.07 Å². The molecule has 2 N–H and O–H groups in total. The summed E-state index contributed by atoms with van der Waals surface area (Å²) in [5.74, 6) is 1.13. The van der Waals surface area contributed by atoms with E-state index in [0.29, 0.717) is 24.8 Å². The predicted octanol–water partition coefficient (Wildman–Crippen LogP) is -0.00830. The third-order valence-electron chi connectivity index (χ3n) is 2.41. The third kappa shape index (κ3) is 3.92. The van der Waals surface area contributed by atoms with Crippen molar-refractivity contribution in [3.63, 3.8) is 0 Å². The molecule has 0 saturated heterocycles. The molecule has 1 rings (SSSR count). The zero-order valence-electron chi connectivity index (χ0n) is 11.2. The van der Waals surface area contributed by atoms with Crippen LogP contribution in [0.3, 0.4) is 0 Å². The molecule has 0 fully saturated rings. The van der Waals surface area contributed by atoms with Gasteiger partial charge in [0.15, 0.2) is 5.82 Å². The van der Waals surface area contributed by atoms with Crippen LogP contribution in [0, 0.1) is 0 Å². The number of hydrogen-bond donors (Lipinski definition) is 2. The Balaban J connectivity index is 2.47. The van der Waals surface area contributed by atoms with Crippen molar-refractivity contribution in [2.24, 2.45) is 7.05 Å². The van der Waals surface area contributed by atoms with E-state index in [1.165, 1.54) is 0 Å². The number of rotatable bonds is 7. The zero-order valence-corrected chi connectivity index (χ0v) is 11.2. The van der Waals surface area contributed by atoms with Gasteiger partial charge in [-0.15, -0.1) is 0 Å². The largest absolute Gasteiger partial charge is 0.481 e. The lowest BCUT2D eigenvalue weighted by Crippen LogP contribution is -2.39. The molecule has 1 aromatic heterocycles. The fourth-order valence-corrected chi connectivity index (χ4v) is 1.43. The Morgan fingerprint density at radius 1 is 1.56 bits per heavy atom. The number of anilines is 1. The van der Waals surface area contributed by atoms with Gasteiger partial charge < -0.3 is 20.1 Å². The lowest BCUT2D eigenvalue weighted by atomic mass is 10.3. The number of hydrogen-bond acceptors (Lipinski definition) is 5. The normalized spacial score (nSPS) is 12.0. The molecule has 102 valence electrons. The number of ether oxygens (including phenoxy) is 2. The van der Waals surface area contributed by atoms with Gasteiger partial charge in [0.05, 0.1) is 13.7 Å². The molecule has 7 heteroatoms. The molecule has 7 nitrogen and oxygen atoms in total. The fourth-order valence-electron chi connectivity index (χ4n) is 1.43. The van der Waals surface area contributed by atoms with Gasteiger partial charge in [-0.25, -0.2) is 4.68 Å². The first-order valence-corrected chi connectivity index (χ1v) is 5.69. The Morgan fingerprint density at radius 3 is 2.83 bits per heavy atom. The van der Waals surface area contributed by atoms with Gasteiger partial charge in [-0.1, -0.05) is 0 Å². The first kappa shape index (κ1) is 14.3. The first-order chi connectivity index (χ1) is 8.58. The van der Waals surface area contributed by atoms with E-state index in [4.69, 9.17) is 9.47 Å². The second kappa shape index (κ2) is 6.85. The summed E-state index contributed by atoms with van der Waals surface area (Å²) in [7, 11) is 4.93. The summed E-state index contributed by atoms with van der Waals surface area (Å²) in [5.41, 5.74) is 0. The Kier molecular flexibility index (Phi) is 5.44. The number of amides is 1. The van der Waals surface area contributed by atoms with E-state index < -0.39 is 0 Å². The number of carbonyl (C=O) groups is 1. The van der Waals surface area contributed by atoms with E-state index in [9.17, 15) is 4.79 Å². The van der Waals surface area contributed by atoms with Crippen molar-refractivity contribution in [2.45, 2.75) is 13.0 Å². The maximum absolute atomic E-state index is 11.7. The molecule has 0 saturated carbocycles. The number of aryl methyl sites for hydroxylation is 1. The van der Waals surface area contributed by atoms with Crippen LogP contribution in [0.4, 0.5) is 5.82 Å². The van der Waals surface area contributed by atoms with E-state index >= 15 is 0 Å². The van der Waals surface area contributed by atoms with E-state index in [1.807, 2.05) is 0 Å². The van der Waals surface area contributed by atoms with E-state index in [0.717, 1.165) is 0 Å². The van der Waals surface area contributed by atoms with Crippen molar-refractivity contribution in [3.8, 4) is 5.88 Å². The third-order valence-corrected chi connectivity index (χ3v) is 2.41. The molecule has 1 unspecified atom stereocenters. The molecule has 1 atom stereocenters. The van der Waals surface area contributed by atoms with Crippen LogP contribution in [0.5, 0.6) is 5.88 Å². The molecule has 0 bridgehead atoms. The van der Waals surface area contributed by atoms with Crippen molar-refractivity contribution in [2.75, 3.05) is 32.7 Å². The monoisotopic (exact) mass is 256 g/mol. The van der Waals surface area contributed by atoms with E-state index in [2.05, 4.69) is 15.7 Å². The van der Waals surface area contributed by atoms with Gasteiger partial charge in [0.1, 0.15) is 6.04 Å². The van der Waals surface area contributed by atoms with Crippen molar-refractivity contribution in [1.82, 2.24) is 15.1 Å². The second-order valence-electron chi connectivity index (χ2n) is 3.85. The smallest absolute Gasteiger partial charge is 0.242 e. The van der Waals surface area contributed by atoms with Crippen LogP contribution < -0.4 is 15.4 Å². The van der Waals surface area contributed by atoms with Crippen LogP contribution in [0.25, 0.3) is 0 Å². The van der Waals surface area contributed by atoms with Crippen molar-refractivity contribution in [1.29, 1.82) is 0 Å². The average Bonchev–Trinajstić information content (AvgIpc) is 2.69. The molecule has 0 aliphatic heterocycles. The summed E-state index contributed by atoms with van der Waals surface area (Å²) in [6.07, 6.45) is 0. The average molecular weight is 256 g/mol. The van der Waals surface area contributed by atoms with E-state index in [1.54, 1.807) is 38.9 Å². The molecule has 18 heavy (non-hydrogen) atoms. The molecule has 0 aromatic carbocycles. The number of aromatic nitrogens is 2. The van der Waals surface area contributed by atoms with Crippen molar-refractivity contribution in [3.05, 3.63) is 6.07 Å². The van der Waals surface area contributed by atoms with Crippen LogP contribution in [0.1, 0.15) is 6.92 Å². The van der Waals surface area contributed by atoms with Crippen molar-refractivity contribution < 1.29 is 14.3 Å². The lowest BCUT2D eigenvalue weighted by molar-refractivity contribution is -0.121. The highest BCUT2D eigenvalue weighted by atomic mass is 16.5. The summed E-state index contributed by atoms with van der Waals surface area (Å²) >= 11 is 0. The Morgan fingerprint density at radius 2 is 2.28 bits per heavy atom. The molecular formula is C11H20N4O3. The minimum absolute atomic E-state index is 0.100. The predicted molar refractivity (Wildman–Crippen MR) is 67.7 cm³/mol. The number of carbonyl (C=O) groups excluding carboxylic acids is 1. The van der Waals surface area contributed by atoms with Crippen molar-refractivity contribution >= 4 is 11.7 Å². The molecule has 0 aliphatic rings. The topological polar surface area (TPSA) is 77.4 Å². The highest BCUT2D eigenvalue weighted by Gasteiger charge is 2.14. The standard InChI is InChI=1S/C11H20N4O3/c1-8(11(16)12-5-6-17-3)13-9-7-10(18-4)15(2)14-9/h7-8H,5-6H2,1-4H3,(H,12,16)(H,13,14). The molecule has 1 heterocycles. The maximum atomic E-state index is 11.7. The zero-order chi connectivity index (χ0) is 13.5. The van der Waals surface area contributed by atoms with Gasteiger partial charge in [0, 0.05) is 26.8 Å². The Hall–Kier alpha value is -1.76. The fraction of sp³-hybridized carbons (Fsp3) is 0.636. The van der Waals surface area contributed by atoms with Crippen LogP contribution in [0.2, 0.25) is 0 Å².